The van der Waals surface area contributed by atoms with E-state index in [9.17, 15) is 19.2 Å². The fourth-order valence-electron chi connectivity index (χ4n) is 6.06. The molecule has 6 atom stereocenters. The number of amides is 2. The summed E-state index contributed by atoms with van der Waals surface area (Å²) >= 11 is 0. The van der Waals surface area contributed by atoms with Gasteiger partial charge in [0, 0.05) is 5.56 Å². The maximum absolute atomic E-state index is 12.9. The molecule has 3 fully saturated rings. The summed E-state index contributed by atoms with van der Waals surface area (Å²) in [5.74, 6) is -1.04. The highest BCUT2D eigenvalue weighted by molar-refractivity contribution is 6.08. The molecule has 7 rings (SSSR count). The number of likely N-dealkylation sites (tertiary alicyclic amines) is 1. The number of hydrogen-bond acceptors (Lipinski definition) is 5. The van der Waals surface area contributed by atoms with Crippen molar-refractivity contribution in [3.8, 4) is 11.1 Å². The average Bonchev–Trinajstić information content (AvgIpc) is 3.64. The first-order valence-electron chi connectivity index (χ1n) is 11.4. The molecule has 2 aromatic rings. The number of allylic oxidation sites excluding steroid dienone is 2. The second-order valence-corrected chi connectivity index (χ2v) is 9.44. The molecule has 33 heavy (non-hydrogen) atoms. The second-order valence-electron chi connectivity index (χ2n) is 9.44. The van der Waals surface area contributed by atoms with Crippen LogP contribution in [0.4, 0.5) is 0 Å². The van der Waals surface area contributed by atoms with Crippen molar-refractivity contribution in [3.63, 3.8) is 0 Å². The summed E-state index contributed by atoms with van der Waals surface area (Å²) in [5, 5.41) is 0. The lowest BCUT2D eigenvalue weighted by atomic mass is 9.63. The zero-order chi connectivity index (χ0) is 22.7. The van der Waals surface area contributed by atoms with Crippen LogP contribution in [0.1, 0.15) is 16.8 Å². The van der Waals surface area contributed by atoms with E-state index in [0.717, 1.165) is 22.4 Å². The number of ketones is 1. The van der Waals surface area contributed by atoms with Gasteiger partial charge >= 0.3 is 5.97 Å². The Balaban J connectivity index is 1.06. The monoisotopic (exact) mass is 441 g/mol. The van der Waals surface area contributed by atoms with Gasteiger partial charge in [-0.1, -0.05) is 66.7 Å². The summed E-state index contributed by atoms with van der Waals surface area (Å²) in [7, 11) is 0. The van der Waals surface area contributed by atoms with Crippen molar-refractivity contribution in [3.05, 3.63) is 72.3 Å². The summed E-state index contributed by atoms with van der Waals surface area (Å²) in [6.45, 7) is -0.858. The van der Waals surface area contributed by atoms with E-state index in [4.69, 9.17) is 4.74 Å². The van der Waals surface area contributed by atoms with Crippen LogP contribution in [0.2, 0.25) is 0 Å². The predicted molar refractivity (Wildman–Crippen MR) is 119 cm³/mol. The van der Waals surface area contributed by atoms with E-state index >= 15 is 0 Å². The van der Waals surface area contributed by atoms with Gasteiger partial charge in [-0.25, -0.2) is 0 Å². The van der Waals surface area contributed by atoms with E-state index in [-0.39, 0.29) is 41.3 Å². The lowest BCUT2D eigenvalue weighted by Crippen LogP contribution is -2.40. The van der Waals surface area contributed by atoms with Gasteiger partial charge in [0.2, 0.25) is 11.8 Å². The van der Waals surface area contributed by atoms with E-state index in [0.29, 0.717) is 17.4 Å². The SMILES string of the molecule is O=C(CN1C(=O)[C@@H]2[C@H]3C=C[C@@H]([C@@H]4C[C@@H]34)[C@H]2C1=O)OCC(=O)c1ccc(-c2ccccc2)cc1. The van der Waals surface area contributed by atoms with Crippen molar-refractivity contribution in [2.45, 2.75) is 6.42 Å². The van der Waals surface area contributed by atoms with Gasteiger partial charge in [-0.05, 0) is 41.2 Å². The van der Waals surface area contributed by atoms with E-state index in [1.54, 1.807) is 12.1 Å². The number of rotatable bonds is 6. The molecule has 1 saturated heterocycles. The third kappa shape index (κ3) is 3.24. The van der Waals surface area contributed by atoms with Gasteiger partial charge in [-0.3, -0.25) is 24.1 Å². The highest BCUT2D eigenvalue weighted by Gasteiger charge is 2.67. The molecule has 5 aliphatic rings. The van der Waals surface area contributed by atoms with Crippen LogP contribution in [0, 0.1) is 35.5 Å². The zero-order valence-electron chi connectivity index (χ0n) is 17.9. The molecular weight excluding hydrogens is 418 g/mol. The van der Waals surface area contributed by atoms with Crippen molar-refractivity contribution >= 4 is 23.6 Å². The van der Waals surface area contributed by atoms with Crippen LogP contribution in [0.5, 0.6) is 0 Å². The predicted octanol–water partition coefficient (Wildman–Crippen LogP) is 3.13. The molecule has 0 N–H and O–H groups in total. The number of hydrogen-bond donors (Lipinski definition) is 0. The summed E-state index contributed by atoms with van der Waals surface area (Å²) in [6.07, 6.45) is 5.27. The Labute approximate surface area is 191 Å². The molecule has 6 heteroatoms. The molecule has 1 aliphatic heterocycles. The third-order valence-electron chi connectivity index (χ3n) is 7.72. The minimum Gasteiger partial charge on any atom is -0.456 e. The number of imide groups is 1. The lowest BCUT2D eigenvalue weighted by molar-refractivity contribution is -0.152. The van der Waals surface area contributed by atoms with Crippen LogP contribution in [0.25, 0.3) is 11.1 Å². The topological polar surface area (TPSA) is 80.8 Å². The Hall–Kier alpha value is -3.54. The highest BCUT2D eigenvalue weighted by Crippen LogP contribution is 2.65. The molecule has 0 spiro atoms. The normalized spacial score (nSPS) is 30.7. The van der Waals surface area contributed by atoms with Crippen LogP contribution in [-0.4, -0.2) is 41.6 Å². The first kappa shape index (κ1) is 20.1. The maximum atomic E-state index is 12.9. The Kier molecular flexibility index (Phi) is 4.57. The summed E-state index contributed by atoms with van der Waals surface area (Å²) in [4.78, 5) is 51.8. The number of carbonyl (C=O) groups excluding carboxylic acids is 4. The van der Waals surface area contributed by atoms with Crippen molar-refractivity contribution in [1.82, 2.24) is 4.90 Å². The average molecular weight is 441 g/mol. The van der Waals surface area contributed by atoms with Gasteiger partial charge in [-0.15, -0.1) is 0 Å². The summed E-state index contributed by atoms with van der Waals surface area (Å²) < 4.78 is 5.13. The molecule has 4 aliphatic carbocycles. The summed E-state index contributed by atoms with van der Waals surface area (Å²) in [6, 6.07) is 16.9. The van der Waals surface area contributed by atoms with Crippen molar-refractivity contribution in [1.29, 1.82) is 0 Å². The van der Waals surface area contributed by atoms with Gasteiger partial charge < -0.3 is 4.74 Å². The quantitative estimate of drug-likeness (QED) is 0.298. The Morgan fingerprint density at radius 1 is 0.818 bits per heavy atom. The smallest absolute Gasteiger partial charge is 0.326 e. The molecule has 0 unspecified atom stereocenters. The Morgan fingerprint density at radius 2 is 1.39 bits per heavy atom. The van der Waals surface area contributed by atoms with Crippen molar-refractivity contribution < 1.29 is 23.9 Å². The number of nitrogens with zero attached hydrogens (tertiary/aromatic N) is 1. The molecule has 2 amide bonds. The van der Waals surface area contributed by atoms with Gasteiger partial charge in [0.1, 0.15) is 6.54 Å². The van der Waals surface area contributed by atoms with E-state index in [2.05, 4.69) is 12.2 Å². The van der Waals surface area contributed by atoms with Gasteiger partial charge in [0.05, 0.1) is 11.8 Å². The molecule has 166 valence electrons. The van der Waals surface area contributed by atoms with E-state index in [1.807, 2.05) is 42.5 Å². The number of esters is 1. The van der Waals surface area contributed by atoms with Crippen LogP contribution in [0.15, 0.2) is 66.7 Å². The lowest BCUT2D eigenvalue weighted by Gasteiger charge is -2.37. The minimum absolute atomic E-state index is 0.114. The number of Topliss-reactive ketones (excluding diaryl/α,β-unsaturated/α-hetero) is 1. The summed E-state index contributed by atoms with van der Waals surface area (Å²) in [5.41, 5.74) is 2.46. The van der Waals surface area contributed by atoms with Crippen LogP contribution in [0.3, 0.4) is 0 Å². The molecular formula is C27H23NO5. The molecule has 2 aromatic carbocycles. The first-order chi connectivity index (χ1) is 16.0. The molecule has 0 aromatic heterocycles. The molecule has 6 nitrogen and oxygen atoms in total. The van der Waals surface area contributed by atoms with Crippen LogP contribution in [-0.2, 0) is 19.1 Å². The standard InChI is InChI=1S/C27H23NO5/c29-22(17-8-6-16(7-9-17)15-4-2-1-3-5-15)14-33-23(30)13-28-26(31)24-18-10-11-19(21-12-20(18)21)25(24)27(28)32/h1-11,18-21,24-25H,12-14H2/t18-,19-,20-,21-,24+,25+/m0/s1. The van der Waals surface area contributed by atoms with E-state index < -0.39 is 19.1 Å². The molecule has 2 saturated carbocycles. The largest absolute Gasteiger partial charge is 0.456 e. The van der Waals surface area contributed by atoms with Gasteiger partial charge in [-0.2, -0.15) is 0 Å². The maximum Gasteiger partial charge on any atom is 0.326 e. The van der Waals surface area contributed by atoms with Crippen molar-refractivity contribution in [2.75, 3.05) is 13.2 Å². The van der Waals surface area contributed by atoms with Gasteiger partial charge in [0.15, 0.2) is 12.4 Å². The fraction of sp³-hybridized carbons (Fsp3) is 0.333. The van der Waals surface area contributed by atoms with Gasteiger partial charge in [0.25, 0.3) is 0 Å². The Bertz CT molecular complexity index is 1150. The first-order valence-corrected chi connectivity index (χ1v) is 11.4. The number of carbonyl (C=O) groups is 4. The highest BCUT2D eigenvalue weighted by atomic mass is 16.5. The third-order valence-corrected chi connectivity index (χ3v) is 7.72. The molecule has 1 heterocycles. The molecule has 2 bridgehead atoms. The van der Waals surface area contributed by atoms with Crippen molar-refractivity contribution in [2.24, 2.45) is 35.5 Å². The number of ether oxygens (including phenoxy) is 1. The Morgan fingerprint density at radius 3 is 2.00 bits per heavy atom. The second kappa shape index (κ2) is 7.51. The molecule has 0 radical (unpaired) electrons. The zero-order valence-corrected chi connectivity index (χ0v) is 17.9. The number of benzene rings is 2. The van der Waals surface area contributed by atoms with E-state index in [1.165, 1.54) is 0 Å². The fourth-order valence-corrected chi connectivity index (χ4v) is 6.06. The van der Waals surface area contributed by atoms with Crippen LogP contribution < -0.4 is 0 Å². The minimum atomic E-state index is -0.741. The van der Waals surface area contributed by atoms with Crippen LogP contribution >= 0.6 is 0 Å².